The summed E-state index contributed by atoms with van der Waals surface area (Å²) in [6.45, 7) is 18.7. The normalized spacial score (nSPS) is 27.3. The van der Waals surface area contributed by atoms with Crippen LogP contribution < -0.4 is 5.19 Å². The van der Waals surface area contributed by atoms with Gasteiger partial charge in [-0.05, 0) is 63.4 Å². The first-order valence-electron chi connectivity index (χ1n) is 12.7. The fourth-order valence-electron chi connectivity index (χ4n) is 7.37. The summed E-state index contributed by atoms with van der Waals surface area (Å²) in [7, 11) is -2.01. The average Bonchev–Trinajstić information content (AvgIpc) is 3.02. The Morgan fingerprint density at radius 3 is 2.25 bits per heavy atom. The maximum atomic E-state index is 11.7. The maximum Gasteiger partial charge on any atom is 0.118 e. The summed E-state index contributed by atoms with van der Waals surface area (Å²) >= 11 is 0. The molecule has 0 aromatic heterocycles. The largest absolute Gasteiger partial charge is 0.508 e. The Morgan fingerprint density at radius 2 is 1.62 bits per heavy atom. The van der Waals surface area contributed by atoms with E-state index in [1.165, 1.54) is 28.4 Å². The standard InChI is InChI=1S/C30H42OSi/c1-9-32(10-2,26-18-19(3)17-25(28(26)31)30(6,7)8)29-21(5)20(4)27-23-14-12-11-13-22(23)15-16-24(27)29/h11-18,20-21,24,27,29,31H,9-10H2,1-8H3/t20?,21-,24?,27?,29?/m1/s1. The van der Waals surface area contributed by atoms with Crippen LogP contribution in [0.2, 0.25) is 17.6 Å². The van der Waals surface area contributed by atoms with Crippen LogP contribution in [-0.4, -0.2) is 13.2 Å². The van der Waals surface area contributed by atoms with Crippen molar-refractivity contribution in [2.45, 2.75) is 84.4 Å². The van der Waals surface area contributed by atoms with Gasteiger partial charge in [-0.15, -0.1) is 0 Å². The SMILES string of the molecule is CC[Si](CC)(c1cc(C)cc(C(C)(C)C)c1O)C1C2C=Cc3ccccc3C2C(C)[C@H]1C. The minimum Gasteiger partial charge on any atom is -0.508 e. The molecule has 2 aliphatic rings. The average molecular weight is 447 g/mol. The van der Waals surface area contributed by atoms with Crippen LogP contribution in [0.25, 0.3) is 6.08 Å². The molecule has 2 aromatic carbocycles. The number of phenols is 1. The second kappa shape index (κ2) is 8.20. The predicted molar refractivity (Wildman–Crippen MR) is 142 cm³/mol. The minimum atomic E-state index is -2.01. The van der Waals surface area contributed by atoms with E-state index < -0.39 is 8.07 Å². The highest BCUT2D eigenvalue weighted by molar-refractivity contribution is 6.93. The van der Waals surface area contributed by atoms with Gasteiger partial charge in [-0.3, -0.25) is 0 Å². The summed E-state index contributed by atoms with van der Waals surface area (Å²) in [6.07, 6.45) is 4.93. The molecule has 0 bridgehead atoms. The molecule has 32 heavy (non-hydrogen) atoms. The molecule has 4 unspecified atom stereocenters. The van der Waals surface area contributed by atoms with Gasteiger partial charge >= 0.3 is 0 Å². The molecule has 2 aromatic rings. The van der Waals surface area contributed by atoms with Crippen LogP contribution >= 0.6 is 0 Å². The summed E-state index contributed by atoms with van der Waals surface area (Å²) in [5, 5.41) is 13.1. The molecule has 1 N–H and O–H groups in total. The van der Waals surface area contributed by atoms with Crippen molar-refractivity contribution in [2.24, 2.45) is 17.8 Å². The van der Waals surface area contributed by atoms with Crippen molar-refractivity contribution in [1.29, 1.82) is 0 Å². The van der Waals surface area contributed by atoms with E-state index in [2.05, 4.69) is 104 Å². The highest BCUT2D eigenvalue weighted by atomic mass is 28.3. The Balaban J connectivity index is 1.92. The fourth-order valence-corrected chi connectivity index (χ4v) is 13.4. The van der Waals surface area contributed by atoms with Crippen molar-refractivity contribution < 1.29 is 5.11 Å². The third-order valence-corrected chi connectivity index (χ3v) is 15.3. The van der Waals surface area contributed by atoms with E-state index in [9.17, 15) is 5.11 Å². The predicted octanol–water partition coefficient (Wildman–Crippen LogP) is 7.78. The molecule has 0 heterocycles. The highest BCUT2D eigenvalue weighted by Gasteiger charge is 2.56. The minimum absolute atomic E-state index is 0.0622. The fraction of sp³-hybridized carbons (Fsp3) is 0.533. The summed E-state index contributed by atoms with van der Waals surface area (Å²) in [5.41, 5.74) is 5.94. The Bertz CT molecular complexity index is 1020. The van der Waals surface area contributed by atoms with Crippen molar-refractivity contribution in [1.82, 2.24) is 0 Å². The van der Waals surface area contributed by atoms with E-state index >= 15 is 0 Å². The Morgan fingerprint density at radius 1 is 0.969 bits per heavy atom. The van der Waals surface area contributed by atoms with Crippen molar-refractivity contribution >= 4 is 19.3 Å². The van der Waals surface area contributed by atoms with Gasteiger partial charge in [-0.25, -0.2) is 0 Å². The first-order valence-corrected chi connectivity index (χ1v) is 15.2. The zero-order valence-electron chi connectivity index (χ0n) is 21.4. The molecule has 2 heteroatoms. The molecule has 4 rings (SSSR count). The quantitative estimate of drug-likeness (QED) is 0.475. The lowest BCUT2D eigenvalue weighted by atomic mass is 9.77. The Kier molecular flexibility index (Phi) is 5.99. The van der Waals surface area contributed by atoms with Crippen molar-refractivity contribution in [3.05, 3.63) is 64.7 Å². The monoisotopic (exact) mass is 446 g/mol. The molecule has 0 radical (unpaired) electrons. The van der Waals surface area contributed by atoms with Crippen LogP contribution in [-0.2, 0) is 5.41 Å². The topological polar surface area (TPSA) is 20.2 Å². The number of benzene rings is 2. The second-order valence-electron chi connectivity index (χ2n) is 11.7. The molecule has 0 saturated heterocycles. The lowest BCUT2D eigenvalue weighted by Gasteiger charge is -2.43. The third-order valence-electron chi connectivity index (χ3n) is 9.14. The van der Waals surface area contributed by atoms with Crippen LogP contribution in [0.5, 0.6) is 5.75 Å². The van der Waals surface area contributed by atoms with Gasteiger partial charge in [0, 0.05) is 0 Å². The van der Waals surface area contributed by atoms with Crippen LogP contribution in [0.15, 0.2) is 42.5 Å². The zero-order valence-corrected chi connectivity index (χ0v) is 22.4. The second-order valence-corrected chi connectivity index (χ2v) is 16.6. The van der Waals surface area contributed by atoms with Crippen LogP contribution in [0.3, 0.4) is 0 Å². The number of hydrogen-bond donors (Lipinski definition) is 1. The first kappa shape index (κ1) is 23.4. The zero-order chi connectivity index (χ0) is 23.4. The molecule has 1 saturated carbocycles. The lowest BCUT2D eigenvalue weighted by molar-refractivity contribution is 0.415. The molecule has 0 spiro atoms. The maximum absolute atomic E-state index is 11.7. The molecule has 2 aliphatic carbocycles. The van der Waals surface area contributed by atoms with E-state index in [0.717, 1.165) is 5.56 Å². The summed E-state index contributed by atoms with van der Waals surface area (Å²) in [4.78, 5) is 0. The summed E-state index contributed by atoms with van der Waals surface area (Å²) in [5.74, 6) is 3.05. The molecule has 5 atom stereocenters. The van der Waals surface area contributed by atoms with Gasteiger partial charge in [-0.2, -0.15) is 0 Å². The number of aryl methyl sites for hydroxylation is 1. The van der Waals surface area contributed by atoms with Crippen LogP contribution in [0.4, 0.5) is 0 Å². The van der Waals surface area contributed by atoms with E-state index in [1.807, 2.05) is 0 Å². The first-order chi connectivity index (χ1) is 15.1. The summed E-state index contributed by atoms with van der Waals surface area (Å²) < 4.78 is 0. The van der Waals surface area contributed by atoms with E-state index in [-0.39, 0.29) is 5.41 Å². The molecular weight excluding hydrogens is 404 g/mol. The number of fused-ring (bicyclic) bond motifs is 3. The van der Waals surface area contributed by atoms with Crippen molar-refractivity contribution in [3.8, 4) is 5.75 Å². The van der Waals surface area contributed by atoms with Gasteiger partial charge in [0.2, 0.25) is 0 Å². The highest BCUT2D eigenvalue weighted by Crippen LogP contribution is 2.61. The third kappa shape index (κ3) is 3.41. The number of rotatable bonds is 4. The van der Waals surface area contributed by atoms with Gasteiger partial charge in [-0.1, -0.05) is 115 Å². The molecule has 172 valence electrons. The molecule has 0 aliphatic heterocycles. The van der Waals surface area contributed by atoms with E-state index in [4.69, 9.17) is 0 Å². The molecule has 1 fully saturated rings. The molecule has 0 amide bonds. The summed E-state index contributed by atoms with van der Waals surface area (Å²) in [6, 6.07) is 16.0. The van der Waals surface area contributed by atoms with Crippen molar-refractivity contribution in [3.63, 3.8) is 0 Å². The van der Waals surface area contributed by atoms with Crippen molar-refractivity contribution in [2.75, 3.05) is 0 Å². The smallest absolute Gasteiger partial charge is 0.118 e. The Hall–Kier alpha value is -1.80. The molecule has 1 nitrogen and oxygen atoms in total. The van der Waals surface area contributed by atoms with Crippen LogP contribution in [0, 0.1) is 24.7 Å². The van der Waals surface area contributed by atoms with Crippen LogP contribution in [0.1, 0.15) is 76.6 Å². The molecular formula is C30H42OSi. The van der Waals surface area contributed by atoms with E-state index in [0.29, 0.717) is 35.0 Å². The number of hydrogen-bond acceptors (Lipinski definition) is 1. The van der Waals surface area contributed by atoms with Gasteiger partial charge in [0.15, 0.2) is 0 Å². The number of phenolic OH excluding ortho intramolecular Hbond substituents is 1. The Labute approximate surface area is 197 Å². The number of allylic oxidation sites excluding steroid dienone is 1. The van der Waals surface area contributed by atoms with Gasteiger partial charge < -0.3 is 5.11 Å². The van der Waals surface area contributed by atoms with Gasteiger partial charge in [0.1, 0.15) is 5.75 Å². The van der Waals surface area contributed by atoms with Gasteiger partial charge in [0.05, 0.1) is 8.07 Å². The van der Waals surface area contributed by atoms with Gasteiger partial charge in [0.25, 0.3) is 0 Å². The number of aromatic hydroxyl groups is 1. The lowest BCUT2D eigenvalue weighted by Crippen LogP contribution is -2.54. The van der Waals surface area contributed by atoms with E-state index in [1.54, 1.807) is 5.56 Å².